The second-order valence-corrected chi connectivity index (χ2v) is 6.78. The van der Waals surface area contributed by atoms with Crippen molar-refractivity contribution in [2.75, 3.05) is 0 Å². The highest BCUT2D eigenvalue weighted by Crippen LogP contribution is 2.46. The Hall–Kier alpha value is -2.19. The lowest BCUT2D eigenvalue weighted by Gasteiger charge is -2.06. The van der Waals surface area contributed by atoms with Crippen LogP contribution in [0.1, 0.15) is 27.0 Å². The van der Waals surface area contributed by atoms with Gasteiger partial charge in [0, 0.05) is 15.6 Å². The molecular formula is C20H11BrO. The largest absolute Gasteiger partial charge is 0.289 e. The molecular weight excluding hydrogens is 336 g/mol. The molecule has 0 amide bonds. The smallest absolute Gasteiger partial charge is 0.194 e. The summed E-state index contributed by atoms with van der Waals surface area (Å²) in [6, 6.07) is 18.6. The van der Waals surface area contributed by atoms with E-state index >= 15 is 0 Å². The van der Waals surface area contributed by atoms with Gasteiger partial charge < -0.3 is 0 Å². The second kappa shape index (κ2) is 4.17. The molecule has 3 aromatic carbocycles. The van der Waals surface area contributed by atoms with Gasteiger partial charge in [0.1, 0.15) is 0 Å². The minimum Gasteiger partial charge on any atom is -0.289 e. The Morgan fingerprint density at radius 1 is 0.773 bits per heavy atom. The molecule has 2 aliphatic carbocycles. The molecule has 0 saturated carbocycles. The van der Waals surface area contributed by atoms with Crippen LogP contribution in [0.3, 0.4) is 0 Å². The molecule has 0 aromatic heterocycles. The van der Waals surface area contributed by atoms with Crippen molar-refractivity contribution >= 4 is 21.7 Å². The number of halogens is 1. The van der Waals surface area contributed by atoms with Crippen molar-refractivity contribution in [3.8, 4) is 22.3 Å². The van der Waals surface area contributed by atoms with Crippen molar-refractivity contribution in [2.45, 2.75) is 6.42 Å². The van der Waals surface area contributed by atoms with Crippen LogP contribution >= 0.6 is 15.9 Å². The van der Waals surface area contributed by atoms with Crippen LogP contribution in [0.4, 0.5) is 0 Å². The van der Waals surface area contributed by atoms with E-state index in [1.54, 1.807) is 0 Å². The number of carbonyl (C=O) groups excluding carboxylic acids is 1. The third-order valence-corrected chi connectivity index (χ3v) is 5.22. The highest BCUT2D eigenvalue weighted by atomic mass is 79.9. The van der Waals surface area contributed by atoms with Crippen LogP contribution in [-0.2, 0) is 6.42 Å². The maximum atomic E-state index is 12.9. The molecule has 0 atom stereocenters. The molecule has 0 spiro atoms. The van der Waals surface area contributed by atoms with Gasteiger partial charge in [0.15, 0.2) is 5.78 Å². The summed E-state index contributed by atoms with van der Waals surface area (Å²) in [4.78, 5) is 12.9. The number of ketones is 1. The summed E-state index contributed by atoms with van der Waals surface area (Å²) in [5.74, 6) is 0.175. The van der Waals surface area contributed by atoms with Crippen LogP contribution in [-0.4, -0.2) is 5.78 Å². The quantitative estimate of drug-likeness (QED) is 0.375. The molecule has 1 nitrogen and oxygen atoms in total. The summed E-state index contributed by atoms with van der Waals surface area (Å²) in [6.07, 6.45) is 0.848. The lowest BCUT2D eigenvalue weighted by molar-refractivity contribution is 0.104. The molecule has 104 valence electrons. The van der Waals surface area contributed by atoms with Crippen molar-refractivity contribution in [3.63, 3.8) is 0 Å². The van der Waals surface area contributed by atoms with E-state index in [9.17, 15) is 4.79 Å². The summed E-state index contributed by atoms with van der Waals surface area (Å²) in [7, 11) is 0. The normalized spacial score (nSPS) is 13.6. The Labute approximate surface area is 136 Å². The fraction of sp³-hybridized carbons (Fsp3) is 0.0500. The van der Waals surface area contributed by atoms with Gasteiger partial charge in [-0.2, -0.15) is 0 Å². The fourth-order valence-corrected chi connectivity index (χ4v) is 4.12. The van der Waals surface area contributed by atoms with E-state index in [-0.39, 0.29) is 5.78 Å². The highest BCUT2D eigenvalue weighted by Gasteiger charge is 2.32. The number of fused-ring (bicyclic) bond motifs is 7. The second-order valence-electron chi connectivity index (χ2n) is 5.87. The Balaban J connectivity index is 1.82. The first-order valence-electron chi connectivity index (χ1n) is 7.33. The van der Waals surface area contributed by atoms with Crippen molar-refractivity contribution in [1.29, 1.82) is 0 Å². The predicted octanol–water partition coefficient (Wildman–Crippen LogP) is 5.23. The van der Waals surface area contributed by atoms with Crippen LogP contribution in [0.15, 0.2) is 59.1 Å². The minimum atomic E-state index is 0.175. The molecule has 0 radical (unpaired) electrons. The molecule has 0 unspecified atom stereocenters. The van der Waals surface area contributed by atoms with Gasteiger partial charge in [0.2, 0.25) is 0 Å². The highest BCUT2D eigenvalue weighted by molar-refractivity contribution is 9.10. The summed E-state index contributed by atoms with van der Waals surface area (Å²) in [5, 5.41) is 0. The van der Waals surface area contributed by atoms with Gasteiger partial charge in [-0.25, -0.2) is 0 Å². The van der Waals surface area contributed by atoms with Crippen LogP contribution in [0.25, 0.3) is 22.3 Å². The van der Waals surface area contributed by atoms with E-state index in [2.05, 4.69) is 46.3 Å². The summed E-state index contributed by atoms with van der Waals surface area (Å²) >= 11 is 3.55. The van der Waals surface area contributed by atoms with Gasteiger partial charge >= 0.3 is 0 Å². The van der Waals surface area contributed by atoms with Gasteiger partial charge in [0.25, 0.3) is 0 Å². The standard InChI is InChI=1S/C20H11BrO/c21-12-6-5-11-9-18-14(17(11)10-12)7-8-15-13-3-1-2-4-16(13)20(22)19(15)18/h1-8,10H,9H2. The van der Waals surface area contributed by atoms with Gasteiger partial charge in [0.05, 0.1) is 0 Å². The average Bonchev–Trinajstić information content (AvgIpc) is 3.04. The molecule has 5 rings (SSSR count). The number of benzene rings is 3. The van der Waals surface area contributed by atoms with Gasteiger partial charge in [-0.1, -0.05) is 58.4 Å². The third-order valence-electron chi connectivity index (χ3n) is 4.73. The first-order valence-corrected chi connectivity index (χ1v) is 8.12. The maximum absolute atomic E-state index is 12.9. The van der Waals surface area contributed by atoms with E-state index in [1.165, 1.54) is 22.3 Å². The van der Waals surface area contributed by atoms with Crippen LogP contribution < -0.4 is 0 Å². The molecule has 2 heteroatoms. The number of hydrogen-bond donors (Lipinski definition) is 0. The van der Waals surface area contributed by atoms with Gasteiger partial charge in [-0.05, 0) is 51.9 Å². The average molecular weight is 347 g/mol. The lowest BCUT2D eigenvalue weighted by Crippen LogP contribution is -2.00. The van der Waals surface area contributed by atoms with Crippen molar-refractivity contribution in [2.24, 2.45) is 0 Å². The zero-order chi connectivity index (χ0) is 14.8. The molecule has 2 aliphatic rings. The molecule has 0 saturated heterocycles. The molecule has 0 aliphatic heterocycles. The third kappa shape index (κ3) is 1.46. The topological polar surface area (TPSA) is 17.1 Å². The SMILES string of the molecule is O=C1c2ccccc2-c2ccc3c(c21)Cc1ccc(Br)cc1-3. The molecule has 0 fully saturated rings. The summed E-state index contributed by atoms with van der Waals surface area (Å²) < 4.78 is 1.08. The van der Waals surface area contributed by atoms with Crippen molar-refractivity contribution in [3.05, 3.63) is 81.3 Å². The first kappa shape index (κ1) is 12.4. The Morgan fingerprint density at radius 3 is 2.41 bits per heavy atom. The predicted molar refractivity (Wildman–Crippen MR) is 91.3 cm³/mol. The molecule has 0 bridgehead atoms. The van der Waals surface area contributed by atoms with Crippen molar-refractivity contribution < 1.29 is 4.79 Å². The summed E-state index contributed by atoms with van der Waals surface area (Å²) in [6.45, 7) is 0. The maximum Gasteiger partial charge on any atom is 0.194 e. The number of rotatable bonds is 0. The van der Waals surface area contributed by atoms with Crippen molar-refractivity contribution in [1.82, 2.24) is 0 Å². The Kier molecular flexibility index (Phi) is 2.35. The fourth-order valence-electron chi connectivity index (χ4n) is 3.76. The van der Waals surface area contributed by atoms with Gasteiger partial charge in [-0.15, -0.1) is 0 Å². The van der Waals surface area contributed by atoms with E-state index < -0.39 is 0 Å². The zero-order valence-electron chi connectivity index (χ0n) is 11.7. The van der Waals surface area contributed by atoms with Crippen LogP contribution in [0.2, 0.25) is 0 Å². The van der Waals surface area contributed by atoms with E-state index in [4.69, 9.17) is 0 Å². The van der Waals surface area contributed by atoms with Crippen LogP contribution in [0.5, 0.6) is 0 Å². The van der Waals surface area contributed by atoms with Crippen LogP contribution in [0, 0.1) is 0 Å². The van der Waals surface area contributed by atoms with Gasteiger partial charge in [-0.3, -0.25) is 4.79 Å². The molecule has 3 aromatic rings. The number of carbonyl (C=O) groups is 1. The summed E-state index contributed by atoms with van der Waals surface area (Å²) in [5.41, 5.74) is 8.84. The molecule has 0 heterocycles. The monoisotopic (exact) mass is 346 g/mol. The Morgan fingerprint density at radius 2 is 1.55 bits per heavy atom. The lowest BCUT2D eigenvalue weighted by atomic mass is 9.96. The molecule has 0 N–H and O–H groups in total. The number of hydrogen-bond acceptors (Lipinski definition) is 1. The van der Waals surface area contributed by atoms with E-state index in [1.807, 2.05) is 24.3 Å². The minimum absolute atomic E-state index is 0.175. The van der Waals surface area contributed by atoms with E-state index in [0.717, 1.165) is 33.1 Å². The zero-order valence-corrected chi connectivity index (χ0v) is 13.3. The first-order chi connectivity index (χ1) is 10.7. The van der Waals surface area contributed by atoms with E-state index in [0.29, 0.717) is 0 Å². The molecule has 22 heavy (non-hydrogen) atoms. The Bertz CT molecular complexity index is 985.